The van der Waals surface area contributed by atoms with E-state index < -0.39 is 5.60 Å². The highest BCUT2D eigenvalue weighted by Gasteiger charge is 2.36. The van der Waals surface area contributed by atoms with E-state index in [-0.39, 0.29) is 5.91 Å². The molecule has 0 atom stereocenters. The van der Waals surface area contributed by atoms with Crippen LogP contribution in [-0.2, 0) is 4.79 Å². The summed E-state index contributed by atoms with van der Waals surface area (Å²) in [4.78, 5) is 22.5. The number of carbonyl (C=O) groups excluding carboxylic acids is 1. The van der Waals surface area contributed by atoms with Gasteiger partial charge in [0.2, 0.25) is 0 Å². The van der Waals surface area contributed by atoms with Crippen LogP contribution in [0.4, 0.5) is 5.13 Å². The second-order valence-corrected chi connectivity index (χ2v) is 9.33. The number of hydrogen-bond acceptors (Lipinski definition) is 6. The zero-order valence-corrected chi connectivity index (χ0v) is 20.8. The van der Waals surface area contributed by atoms with Gasteiger partial charge in [0.05, 0.1) is 17.3 Å². The SMILES string of the molecule is CCN(CC)CCN(C(=O)C(C)(C)Oc1ccc(Cl)cc1)c1nc2ccc(OC)cc2s1. The molecule has 0 saturated carbocycles. The average Bonchev–Trinajstić information content (AvgIpc) is 3.20. The molecule has 1 heterocycles. The van der Waals surface area contributed by atoms with Crippen molar-refractivity contribution in [1.82, 2.24) is 9.88 Å². The second kappa shape index (κ2) is 10.5. The zero-order chi connectivity index (χ0) is 23.3. The molecule has 2 aromatic carbocycles. The first-order chi connectivity index (χ1) is 15.3. The number of fused-ring (bicyclic) bond motifs is 1. The zero-order valence-electron chi connectivity index (χ0n) is 19.2. The van der Waals surface area contributed by atoms with E-state index in [1.165, 1.54) is 11.3 Å². The summed E-state index contributed by atoms with van der Waals surface area (Å²) < 4.78 is 12.4. The van der Waals surface area contributed by atoms with Crippen molar-refractivity contribution in [1.29, 1.82) is 0 Å². The molecule has 3 rings (SSSR count). The highest BCUT2D eigenvalue weighted by Crippen LogP contribution is 2.33. The van der Waals surface area contributed by atoms with Crippen LogP contribution in [0, 0.1) is 0 Å². The molecule has 0 bridgehead atoms. The predicted octanol–water partition coefficient (Wildman–Crippen LogP) is 5.49. The van der Waals surface area contributed by atoms with Gasteiger partial charge in [-0.15, -0.1) is 0 Å². The third-order valence-electron chi connectivity index (χ3n) is 5.30. The standard InChI is InChI=1S/C24H30ClN3O3S/c1-6-27(7-2)14-15-28(23-26-20-13-12-19(30-5)16-21(20)32-23)22(29)24(3,4)31-18-10-8-17(25)9-11-18/h8-13,16H,6-7,14-15H2,1-5H3. The molecule has 0 unspecified atom stereocenters. The van der Waals surface area contributed by atoms with Crippen LogP contribution in [0.3, 0.4) is 0 Å². The molecule has 32 heavy (non-hydrogen) atoms. The fourth-order valence-corrected chi connectivity index (χ4v) is 4.51. The molecule has 0 N–H and O–H groups in total. The Morgan fingerprint density at radius 2 is 1.72 bits per heavy atom. The molecule has 0 fully saturated rings. The van der Waals surface area contributed by atoms with Gasteiger partial charge in [-0.3, -0.25) is 9.69 Å². The molecule has 6 nitrogen and oxygen atoms in total. The monoisotopic (exact) mass is 475 g/mol. The van der Waals surface area contributed by atoms with Crippen molar-refractivity contribution in [2.24, 2.45) is 0 Å². The van der Waals surface area contributed by atoms with Crippen molar-refractivity contribution in [3.63, 3.8) is 0 Å². The molecule has 0 aliphatic rings. The van der Waals surface area contributed by atoms with E-state index in [0.717, 1.165) is 35.6 Å². The number of ether oxygens (including phenoxy) is 2. The van der Waals surface area contributed by atoms with Crippen molar-refractivity contribution >= 4 is 44.2 Å². The predicted molar refractivity (Wildman–Crippen MR) is 132 cm³/mol. The van der Waals surface area contributed by atoms with E-state index in [0.29, 0.717) is 22.4 Å². The maximum Gasteiger partial charge on any atom is 0.272 e. The van der Waals surface area contributed by atoms with Gasteiger partial charge in [-0.1, -0.05) is 36.8 Å². The highest BCUT2D eigenvalue weighted by molar-refractivity contribution is 7.22. The van der Waals surface area contributed by atoms with E-state index in [1.807, 2.05) is 18.2 Å². The lowest BCUT2D eigenvalue weighted by Crippen LogP contribution is -2.51. The van der Waals surface area contributed by atoms with Crippen LogP contribution in [0.15, 0.2) is 42.5 Å². The van der Waals surface area contributed by atoms with Crippen LogP contribution in [0.1, 0.15) is 27.7 Å². The highest BCUT2D eigenvalue weighted by atomic mass is 35.5. The van der Waals surface area contributed by atoms with Gasteiger partial charge in [-0.05, 0) is 69.4 Å². The molecule has 8 heteroatoms. The summed E-state index contributed by atoms with van der Waals surface area (Å²) in [5, 5.41) is 1.27. The molecule has 0 saturated heterocycles. The first-order valence-electron chi connectivity index (χ1n) is 10.7. The number of thiazole rings is 1. The number of rotatable bonds is 10. The first kappa shape index (κ1) is 24.3. The summed E-state index contributed by atoms with van der Waals surface area (Å²) >= 11 is 7.46. The maximum absolute atomic E-state index is 13.7. The number of anilines is 1. The summed E-state index contributed by atoms with van der Waals surface area (Å²) in [5.74, 6) is 1.20. The lowest BCUT2D eigenvalue weighted by Gasteiger charge is -2.32. The van der Waals surface area contributed by atoms with Gasteiger partial charge in [0.15, 0.2) is 10.7 Å². The van der Waals surface area contributed by atoms with Crippen molar-refractivity contribution in [3.05, 3.63) is 47.5 Å². The van der Waals surface area contributed by atoms with Crippen molar-refractivity contribution in [2.45, 2.75) is 33.3 Å². The van der Waals surface area contributed by atoms with Crippen LogP contribution < -0.4 is 14.4 Å². The molecule has 0 radical (unpaired) electrons. The van der Waals surface area contributed by atoms with Crippen LogP contribution in [-0.4, -0.2) is 54.7 Å². The Morgan fingerprint density at radius 3 is 2.34 bits per heavy atom. The third-order valence-corrected chi connectivity index (χ3v) is 6.59. The maximum atomic E-state index is 13.7. The number of carbonyl (C=O) groups is 1. The number of aromatic nitrogens is 1. The van der Waals surface area contributed by atoms with Crippen molar-refractivity contribution < 1.29 is 14.3 Å². The van der Waals surface area contributed by atoms with Gasteiger partial charge in [-0.2, -0.15) is 0 Å². The number of methoxy groups -OCH3 is 1. The molecule has 172 valence electrons. The third kappa shape index (κ3) is 5.71. The van der Waals surface area contributed by atoms with Crippen LogP contribution in [0.25, 0.3) is 10.2 Å². The summed E-state index contributed by atoms with van der Waals surface area (Å²) in [5.41, 5.74) is -0.255. The smallest absolute Gasteiger partial charge is 0.272 e. The lowest BCUT2D eigenvalue weighted by molar-refractivity contribution is -0.131. The molecule has 0 spiro atoms. The fraction of sp³-hybridized carbons (Fsp3) is 0.417. The number of amides is 1. The van der Waals surface area contributed by atoms with Crippen LogP contribution >= 0.6 is 22.9 Å². The Morgan fingerprint density at radius 1 is 1.06 bits per heavy atom. The normalized spacial score (nSPS) is 11.7. The molecular weight excluding hydrogens is 446 g/mol. The summed E-state index contributed by atoms with van der Waals surface area (Å²) in [6.45, 7) is 10.9. The number of halogens is 1. The Balaban J connectivity index is 1.92. The minimum absolute atomic E-state index is 0.148. The van der Waals surface area contributed by atoms with E-state index in [4.69, 9.17) is 26.1 Å². The Kier molecular flexibility index (Phi) is 7.98. The summed E-state index contributed by atoms with van der Waals surface area (Å²) in [6.07, 6.45) is 0. The van der Waals surface area contributed by atoms with Crippen molar-refractivity contribution in [3.8, 4) is 11.5 Å². The number of likely N-dealkylation sites (N-methyl/N-ethyl adjacent to an activating group) is 1. The Labute approximate surface area is 198 Å². The van der Waals surface area contributed by atoms with Crippen LogP contribution in [0.2, 0.25) is 5.02 Å². The van der Waals surface area contributed by atoms with Gasteiger partial charge in [0, 0.05) is 18.1 Å². The van der Waals surface area contributed by atoms with Crippen LogP contribution in [0.5, 0.6) is 11.5 Å². The molecule has 0 aliphatic heterocycles. The molecule has 0 aliphatic carbocycles. The van der Waals surface area contributed by atoms with E-state index in [2.05, 4.69) is 18.7 Å². The quantitative estimate of drug-likeness (QED) is 0.388. The Hall–Kier alpha value is -2.35. The minimum Gasteiger partial charge on any atom is -0.497 e. The van der Waals surface area contributed by atoms with Gasteiger partial charge in [0.25, 0.3) is 5.91 Å². The Bertz CT molecular complexity index is 1050. The second-order valence-electron chi connectivity index (χ2n) is 7.88. The largest absolute Gasteiger partial charge is 0.497 e. The number of hydrogen-bond donors (Lipinski definition) is 0. The van der Waals surface area contributed by atoms with Gasteiger partial charge in [0.1, 0.15) is 11.5 Å². The molecule has 1 amide bonds. The number of benzene rings is 2. The van der Waals surface area contributed by atoms with E-state index in [9.17, 15) is 4.79 Å². The topological polar surface area (TPSA) is 54.9 Å². The van der Waals surface area contributed by atoms with Gasteiger partial charge in [-0.25, -0.2) is 4.98 Å². The molecule has 1 aromatic heterocycles. The molecular formula is C24H30ClN3O3S. The van der Waals surface area contributed by atoms with Gasteiger partial charge >= 0.3 is 0 Å². The van der Waals surface area contributed by atoms with Crippen molar-refractivity contribution in [2.75, 3.05) is 38.2 Å². The van der Waals surface area contributed by atoms with E-state index in [1.54, 1.807) is 50.1 Å². The minimum atomic E-state index is -1.09. The lowest BCUT2D eigenvalue weighted by atomic mass is 10.1. The van der Waals surface area contributed by atoms with E-state index >= 15 is 0 Å². The molecule has 3 aromatic rings. The first-order valence-corrected chi connectivity index (χ1v) is 11.9. The van der Waals surface area contributed by atoms with Gasteiger partial charge < -0.3 is 14.4 Å². The summed E-state index contributed by atoms with van der Waals surface area (Å²) in [7, 11) is 1.64. The number of nitrogens with zero attached hydrogens (tertiary/aromatic N) is 3. The summed E-state index contributed by atoms with van der Waals surface area (Å²) in [6, 6.07) is 12.8. The average molecular weight is 476 g/mol. The fourth-order valence-electron chi connectivity index (χ4n) is 3.37.